The Bertz CT molecular complexity index is 466. The van der Waals surface area contributed by atoms with Crippen LogP contribution in [0.25, 0.3) is 0 Å². The molecule has 1 aromatic carbocycles. The lowest BCUT2D eigenvalue weighted by molar-refractivity contribution is 0.316. The number of hydrogen-bond acceptors (Lipinski definition) is 3. The Balaban J connectivity index is 2.76. The fourth-order valence-electron chi connectivity index (χ4n) is 1.73. The molecule has 3 nitrogen and oxygen atoms in total. The maximum absolute atomic E-state index is 5.65. The van der Waals surface area contributed by atoms with E-state index in [0.717, 1.165) is 24.3 Å². The smallest absolute Gasteiger partial charge is 0.119 e. The summed E-state index contributed by atoms with van der Waals surface area (Å²) in [4.78, 5) is 0. The Morgan fingerprint density at radius 1 is 1.35 bits per heavy atom. The Labute approximate surface area is 122 Å². The quantitative estimate of drug-likeness (QED) is 0.475. The van der Waals surface area contributed by atoms with Gasteiger partial charge < -0.3 is 4.74 Å². The SMILES string of the molecule is CCCOc1cccc(C(CC#CC(C)(C)C)NN)c1. The molecule has 0 fully saturated rings. The van der Waals surface area contributed by atoms with E-state index in [1.165, 1.54) is 0 Å². The van der Waals surface area contributed by atoms with E-state index < -0.39 is 0 Å². The summed E-state index contributed by atoms with van der Waals surface area (Å²) in [6, 6.07) is 8.05. The first-order valence-electron chi connectivity index (χ1n) is 7.15. The topological polar surface area (TPSA) is 47.3 Å². The van der Waals surface area contributed by atoms with Gasteiger partial charge in [0.05, 0.1) is 12.6 Å². The number of nitrogens with two attached hydrogens (primary N) is 1. The first kappa shape index (κ1) is 16.6. The minimum Gasteiger partial charge on any atom is -0.494 e. The highest BCUT2D eigenvalue weighted by atomic mass is 16.5. The van der Waals surface area contributed by atoms with Crippen molar-refractivity contribution in [2.75, 3.05) is 6.61 Å². The van der Waals surface area contributed by atoms with E-state index in [-0.39, 0.29) is 11.5 Å². The molecule has 20 heavy (non-hydrogen) atoms. The second kappa shape index (κ2) is 7.94. The fraction of sp³-hybridized carbons (Fsp3) is 0.529. The van der Waals surface area contributed by atoms with Gasteiger partial charge in [-0.3, -0.25) is 11.3 Å². The van der Waals surface area contributed by atoms with E-state index in [2.05, 4.69) is 45.0 Å². The third-order valence-corrected chi connectivity index (χ3v) is 2.70. The van der Waals surface area contributed by atoms with E-state index >= 15 is 0 Å². The van der Waals surface area contributed by atoms with Gasteiger partial charge in [-0.2, -0.15) is 0 Å². The van der Waals surface area contributed by atoms with Crippen LogP contribution in [0.2, 0.25) is 0 Å². The number of hydrazine groups is 1. The van der Waals surface area contributed by atoms with Gasteiger partial charge in [-0.05, 0) is 44.9 Å². The highest BCUT2D eigenvalue weighted by Gasteiger charge is 2.10. The molecule has 3 heteroatoms. The maximum Gasteiger partial charge on any atom is 0.119 e. The van der Waals surface area contributed by atoms with E-state index in [9.17, 15) is 0 Å². The third kappa shape index (κ3) is 6.10. The van der Waals surface area contributed by atoms with Gasteiger partial charge in [0.1, 0.15) is 5.75 Å². The number of nitrogens with one attached hydrogen (secondary N) is 1. The summed E-state index contributed by atoms with van der Waals surface area (Å²) in [7, 11) is 0. The number of ether oxygens (including phenoxy) is 1. The molecular formula is C17H26N2O. The van der Waals surface area contributed by atoms with Crippen molar-refractivity contribution < 1.29 is 4.74 Å². The minimum atomic E-state index is 0.0191. The highest BCUT2D eigenvalue weighted by molar-refractivity contribution is 5.31. The Morgan fingerprint density at radius 2 is 2.10 bits per heavy atom. The van der Waals surface area contributed by atoms with Gasteiger partial charge in [-0.25, -0.2) is 0 Å². The Kier molecular flexibility index (Phi) is 6.57. The first-order valence-corrected chi connectivity index (χ1v) is 7.15. The lowest BCUT2D eigenvalue weighted by Crippen LogP contribution is -2.27. The summed E-state index contributed by atoms with van der Waals surface area (Å²) < 4.78 is 5.64. The molecule has 0 saturated heterocycles. The first-order chi connectivity index (χ1) is 9.46. The second-order valence-electron chi connectivity index (χ2n) is 5.90. The van der Waals surface area contributed by atoms with Crippen LogP contribution in [0.5, 0.6) is 5.75 Å². The molecule has 1 rings (SSSR count). The van der Waals surface area contributed by atoms with Crippen LogP contribution in [0.15, 0.2) is 24.3 Å². The molecule has 1 aromatic rings. The van der Waals surface area contributed by atoms with E-state index in [1.54, 1.807) is 0 Å². The average molecular weight is 274 g/mol. The van der Waals surface area contributed by atoms with Gasteiger partial charge in [0, 0.05) is 11.8 Å². The second-order valence-corrected chi connectivity index (χ2v) is 5.90. The van der Waals surface area contributed by atoms with Crippen molar-refractivity contribution in [3.8, 4) is 17.6 Å². The third-order valence-electron chi connectivity index (χ3n) is 2.70. The molecule has 0 heterocycles. The molecule has 0 radical (unpaired) electrons. The largest absolute Gasteiger partial charge is 0.494 e. The highest BCUT2D eigenvalue weighted by Crippen LogP contribution is 2.21. The summed E-state index contributed by atoms with van der Waals surface area (Å²) in [5, 5.41) is 0. The van der Waals surface area contributed by atoms with Crippen LogP contribution in [-0.2, 0) is 0 Å². The molecule has 0 aliphatic carbocycles. The number of benzene rings is 1. The van der Waals surface area contributed by atoms with Crippen LogP contribution in [0, 0.1) is 17.3 Å². The van der Waals surface area contributed by atoms with Gasteiger partial charge in [-0.15, -0.1) is 5.92 Å². The van der Waals surface area contributed by atoms with Gasteiger partial charge in [0.15, 0.2) is 0 Å². The molecule has 0 amide bonds. The molecule has 110 valence electrons. The van der Waals surface area contributed by atoms with Crippen molar-refractivity contribution in [3.63, 3.8) is 0 Å². The molecule has 0 aromatic heterocycles. The number of rotatable bonds is 6. The van der Waals surface area contributed by atoms with Crippen LogP contribution >= 0.6 is 0 Å². The molecule has 0 saturated carbocycles. The normalized spacial score (nSPS) is 12.4. The van der Waals surface area contributed by atoms with Crippen LogP contribution in [0.4, 0.5) is 0 Å². The van der Waals surface area contributed by atoms with Crippen molar-refractivity contribution >= 4 is 0 Å². The summed E-state index contributed by atoms with van der Waals surface area (Å²) in [6.07, 6.45) is 1.69. The van der Waals surface area contributed by atoms with Crippen molar-refractivity contribution in [1.29, 1.82) is 0 Å². The predicted molar refractivity (Wildman–Crippen MR) is 84.1 cm³/mol. The van der Waals surface area contributed by atoms with E-state index in [1.807, 2.05) is 24.3 Å². The summed E-state index contributed by atoms with van der Waals surface area (Å²) in [5.41, 5.74) is 3.95. The summed E-state index contributed by atoms with van der Waals surface area (Å²) >= 11 is 0. The summed E-state index contributed by atoms with van der Waals surface area (Å²) in [6.45, 7) is 9.13. The van der Waals surface area contributed by atoms with Crippen LogP contribution in [-0.4, -0.2) is 6.61 Å². The Hall–Kier alpha value is -1.50. The zero-order valence-electron chi connectivity index (χ0n) is 13.0. The standard InChI is InChI=1S/C17H26N2O/c1-5-12-20-15-9-6-8-14(13-15)16(19-18)10-7-11-17(2,3)4/h6,8-9,13,16,19H,5,10,12,18H2,1-4H3. The molecule has 1 unspecified atom stereocenters. The minimum absolute atomic E-state index is 0.0191. The lowest BCUT2D eigenvalue weighted by atomic mass is 9.97. The maximum atomic E-state index is 5.65. The molecule has 0 bridgehead atoms. The fourth-order valence-corrected chi connectivity index (χ4v) is 1.73. The van der Waals surface area contributed by atoms with Gasteiger partial charge in [0.2, 0.25) is 0 Å². The van der Waals surface area contributed by atoms with Gasteiger partial charge >= 0.3 is 0 Å². The van der Waals surface area contributed by atoms with Gasteiger partial charge in [-0.1, -0.05) is 25.0 Å². The zero-order chi connectivity index (χ0) is 15.0. The zero-order valence-corrected chi connectivity index (χ0v) is 13.0. The van der Waals surface area contributed by atoms with Crippen molar-refractivity contribution in [3.05, 3.63) is 29.8 Å². The lowest BCUT2D eigenvalue weighted by Gasteiger charge is -2.15. The van der Waals surface area contributed by atoms with Gasteiger partial charge in [0.25, 0.3) is 0 Å². The van der Waals surface area contributed by atoms with Crippen molar-refractivity contribution in [2.24, 2.45) is 11.3 Å². The molecule has 1 atom stereocenters. The molecule has 0 spiro atoms. The van der Waals surface area contributed by atoms with E-state index in [0.29, 0.717) is 6.42 Å². The monoisotopic (exact) mass is 274 g/mol. The van der Waals surface area contributed by atoms with E-state index in [4.69, 9.17) is 10.6 Å². The van der Waals surface area contributed by atoms with Crippen LogP contribution in [0.3, 0.4) is 0 Å². The van der Waals surface area contributed by atoms with Crippen molar-refractivity contribution in [1.82, 2.24) is 5.43 Å². The molecule has 0 aliphatic rings. The Morgan fingerprint density at radius 3 is 2.70 bits per heavy atom. The average Bonchev–Trinajstić information content (AvgIpc) is 2.40. The van der Waals surface area contributed by atoms with Crippen LogP contribution < -0.4 is 16.0 Å². The van der Waals surface area contributed by atoms with Crippen LogP contribution in [0.1, 0.15) is 52.1 Å². The molecule has 3 N–H and O–H groups in total. The summed E-state index contributed by atoms with van der Waals surface area (Å²) in [5.74, 6) is 13.0. The molecule has 0 aliphatic heterocycles. The number of hydrogen-bond donors (Lipinski definition) is 2. The molecular weight excluding hydrogens is 248 g/mol. The van der Waals surface area contributed by atoms with Crippen molar-refractivity contribution in [2.45, 2.75) is 46.6 Å². The predicted octanol–water partition coefficient (Wildman–Crippen LogP) is 3.42.